The Bertz CT molecular complexity index is 734. The third-order valence-corrected chi connectivity index (χ3v) is 3.89. The first-order valence-corrected chi connectivity index (χ1v) is 7.09. The quantitative estimate of drug-likeness (QED) is 0.803. The Balaban J connectivity index is 1.89. The average Bonchev–Trinajstić information content (AvgIpc) is 3.01. The number of nitrogens with zero attached hydrogens (tertiary/aromatic N) is 2. The topological polar surface area (TPSA) is 54.9 Å². The van der Waals surface area contributed by atoms with Gasteiger partial charge in [-0.1, -0.05) is 47.0 Å². The zero-order valence-corrected chi connectivity index (χ0v) is 11.7. The van der Waals surface area contributed by atoms with Gasteiger partial charge >= 0.3 is 0 Å². The number of nitrogens with one attached hydrogen (secondary N) is 1. The molecule has 1 aromatic heterocycles. The Kier molecular flexibility index (Phi) is 3.43. The van der Waals surface area contributed by atoms with Crippen LogP contribution in [0.25, 0.3) is 10.8 Å². The van der Waals surface area contributed by atoms with Gasteiger partial charge in [0.15, 0.2) is 0 Å². The van der Waals surface area contributed by atoms with Crippen LogP contribution < -0.4 is 5.32 Å². The molecular formula is C15H13N3OS. The van der Waals surface area contributed by atoms with Gasteiger partial charge in [-0.05, 0) is 34.8 Å². The molecule has 0 fully saturated rings. The van der Waals surface area contributed by atoms with Crippen molar-refractivity contribution in [1.29, 1.82) is 0 Å². The molecule has 0 radical (unpaired) electrons. The first-order valence-electron chi connectivity index (χ1n) is 6.31. The molecule has 100 valence electrons. The standard InChI is InChI=1S/C15H13N3OS/c1-10(17-15(19)14-9-16-18-20-14)12-8-4-6-11-5-2-3-7-13(11)12/h2-10H,1H3,(H,17,19). The molecule has 3 aromatic rings. The molecular weight excluding hydrogens is 270 g/mol. The molecule has 2 aromatic carbocycles. The van der Waals surface area contributed by atoms with Gasteiger partial charge in [0.1, 0.15) is 4.88 Å². The summed E-state index contributed by atoms with van der Waals surface area (Å²) in [4.78, 5) is 12.6. The summed E-state index contributed by atoms with van der Waals surface area (Å²) in [5.74, 6) is -0.138. The summed E-state index contributed by atoms with van der Waals surface area (Å²) in [6.45, 7) is 1.98. The van der Waals surface area contributed by atoms with E-state index in [0.717, 1.165) is 22.5 Å². The van der Waals surface area contributed by atoms with E-state index < -0.39 is 0 Å². The third-order valence-electron chi connectivity index (χ3n) is 3.22. The lowest BCUT2D eigenvalue weighted by atomic mass is 10.00. The van der Waals surface area contributed by atoms with Gasteiger partial charge in [-0.3, -0.25) is 4.79 Å². The van der Waals surface area contributed by atoms with Gasteiger partial charge < -0.3 is 5.32 Å². The van der Waals surface area contributed by atoms with Gasteiger partial charge in [0.2, 0.25) is 0 Å². The second kappa shape index (κ2) is 5.38. The lowest BCUT2D eigenvalue weighted by Gasteiger charge is -2.15. The molecule has 3 rings (SSSR count). The largest absolute Gasteiger partial charge is 0.345 e. The molecule has 1 unspecified atom stereocenters. The lowest BCUT2D eigenvalue weighted by Crippen LogP contribution is -2.26. The molecule has 1 N–H and O–H groups in total. The van der Waals surface area contributed by atoms with Crippen LogP contribution in [-0.2, 0) is 0 Å². The first kappa shape index (κ1) is 12.7. The van der Waals surface area contributed by atoms with E-state index in [-0.39, 0.29) is 11.9 Å². The molecule has 20 heavy (non-hydrogen) atoms. The van der Waals surface area contributed by atoms with Crippen molar-refractivity contribution in [3.63, 3.8) is 0 Å². The van der Waals surface area contributed by atoms with E-state index >= 15 is 0 Å². The third kappa shape index (κ3) is 2.40. The fraction of sp³-hybridized carbons (Fsp3) is 0.133. The minimum Gasteiger partial charge on any atom is -0.345 e. The number of rotatable bonds is 3. The van der Waals surface area contributed by atoms with Crippen molar-refractivity contribution in [2.45, 2.75) is 13.0 Å². The summed E-state index contributed by atoms with van der Waals surface area (Å²) >= 11 is 1.10. The number of hydrogen-bond donors (Lipinski definition) is 1. The average molecular weight is 283 g/mol. The number of aromatic nitrogens is 2. The summed E-state index contributed by atoms with van der Waals surface area (Å²) in [6.07, 6.45) is 1.48. The Morgan fingerprint density at radius 2 is 2.00 bits per heavy atom. The van der Waals surface area contributed by atoms with Gasteiger partial charge in [-0.2, -0.15) is 0 Å². The van der Waals surface area contributed by atoms with E-state index in [2.05, 4.69) is 33.1 Å². The second-order valence-electron chi connectivity index (χ2n) is 4.55. The van der Waals surface area contributed by atoms with Crippen LogP contribution in [0.15, 0.2) is 48.7 Å². The maximum Gasteiger partial charge on any atom is 0.265 e. The molecule has 1 atom stereocenters. The SMILES string of the molecule is CC(NC(=O)c1cnns1)c1cccc2ccccc12. The molecule has 0 saturated carbocycles. The predicted molar refractivity (Wildman–Crippen MR) is 79.7 cm³/mol. The van der Waals surface area contributed by atoms with Crippen LogP contribution in [0.2, 0.25) is 0 Å². The fourth-order valence-corrected chi connectivity index (χ4v) is 2.66. The van der Waals surface area contributed by atoms with Crippen LogP contribution in [0.4, 0.5) is 0 Å². The Morgan fingerprint density at radius 3 is 2.80 bits per heavy atom. The predicted octanol–water partition coefficient (Wildman–Crippen LogP) is 3.18. The van der Waals surface area contributed by atoms with E-state index in [9.17, 15) is 4.79 Å². The summed E-state index contributed by atoms with van der Waals surface area (Å²) in [7, 11) is 0. The van der Waals surface area contributed by atoms with Crippen molar-refractivity contribution < 1.29 is 4.79 Å². The fourth-order valence-electron chi connectivity index (χ4n) is 2.24. The van der Waals surface area contributed by atoms with Crippen molar-refractivity contribution in [3.8, 4) is 0 Å². The summed E-state index contributed by atoms with van der Waals surface area (Å²) < 4.78 is 3.70. The number of carbonyl (C=O) groups excluding carboxylic acids is 1. The van der Waals surface area contributed by atoms with Gasteiger partial charge in [0, 0.05) is 0 Å². The van der Waals surface area contributed by atoms with Crippen molar-refractivity contribution >= 4 is 28.2 Å². The Labute approximate surface area is 120 Å². The maximum atomic E-state index is 12.0. The highest BCUT2D eigenvalue weighted by molar-refractivity contribution is 7.07. The van der Waals surface area contributed by atoms with Gasteiger partial charge in [0.25, 0.3) is 5.91 Å². The molecule has 0 spiro atoms. The zero-order valence-electron chi connectivity index (χ0n) is 10.9. The number of fused-ring (bicyclic) bond motifs is 1. The van der Waals surface area contributed by atoms with Crippen LogP contribution >= 0.6 is 11.5 Å². The number of amides is 1. The first-order chi connectivity index (χ1) is 9.75. The maximum absolute atomic E-state index is 12.0. The minimum absolute atomic E-state index is 0.0734. The number of hydrogen-bond acceptors (Lipinski definition) is 4. The zero-order chi connectivity index (χ0) is 13.9. The second-order valence-corrected chi connectivity index (χ2v) is 5.33. The van der Waals surface area contributed by atoms with Crippen molar-refractivity contribution in [2.75, 3.05) is 0 Å². The van der Waals surface area contributed by atoms with Crippen LogP contribution in [0.1, 0.15) is 28.2 Å². The van der Waals surface area contributed by atoms with E-state index in [1.54, 1.807) is 0 Å². The molecule has 0 aliphatic heterocycles. The van der Waals surface area contributed by atoms with Gasteiger partial charge in [-0.15, -0.1) is 5.10 Å². The molecule has 4 nitrogen and oxygen atoms in total. The minimum atomic E-state index is -0.138. The summed E-state index contributed by atoms with van der Waals surface area (Å²) in [5.41, 5.74) is 1.11. The lowest BCUT2D eigenvalue weighted by molar-refractivity contribution is 0.0944. The van der Waals surface area contributed by atoms with Gasteiger partial charge in [0.05, 0.1) is 12.2 Å². The molecule has 1 amide bonds. The van der Waals surface area contributed by atoms with Crippen molar-refractivity contribution in [1.82, 2.24) is 14.9 Å². The molecule has 1 heterocycles. The molecule has 5 heteroatoms. The van der Waals surface area contributed by atoms with Crippen LogP contribution in [0, 0.1) is 0 Å². The van der Waals surface area contributed by atoms with E-state index in [4.69, 9.17) is 0 Å². The highest BCUT2D eigenvalue weighted by atomic mass is 32.1. The summed E-state index contributed by atoms with van der Waals surface area (Å²) in [6, 6.07) is 14.2. The van der Waals surface area contributed by atoms with Crippen molar-refractivity contribution in [3.05, 3.63) is 59.1 Å². The summed E-state index contributed by atoms with van der Waals surface area (Å²) in [5, 5.41) is 8.99. The highest BCUT2D eigenvalue weighted by Gasteiger charge is 2.14. The molecule has 0 saturated heterocycles. The molecule has 0 bridgehead atoms. The number of carbonyl (C=O) groups is 1. The Hall–Kier alpha value is -2.27. The highest BCUT2D eigenvalue weighted by Crippen LogP contribution is 2.24. The van der Waals surface area contributed by atoms with Gasteiger partial charge in [-0.25, -0.2) is 0 Å². The normalized spacial score (nSPS) is 12.2. The van der Waals surface area contributed by atoms with Crippen LogP contribution in [0.3, 0.4) is 0 Å². The van der Waals surface area contributed by atoms with E-state index in [1.165, 1.54) is 11.6 Å². The van der Waals surface area contributed by atoms with E-state index in [1.807, 2.05) is 31.2 Å². The Morgan fingerprint density at radius 1 is 1.20 bits per heavy atom. The van der Waals surface area contributed by atoms with Crippen molar-refractivity contribution in [2.24, 2.45) is 0 Å². The van der Waals surface area contributed by atoms with Crippen LogP contribution in [-0.4, -0.2) is 15.5 Å². The number of benzene rings is 2. The monoisotopic (exact) mass is 283 g/mol. The molecule has 0 aliphatic rings. The molecule has 0 aliphatic carbocycles. The van der Waals surface area contributed by atoms with E-state index in [0.29, 0.717) is 4.88 Å². The smallest absolute Gasteiger partial charge is 0.265 e. The van der Waals surface area contributed by atoms with Crippen LogP contribution in [0.5, 0.6) is 0 Å².